The number of benzene rings is 1. The zero-order valence-corrected chi connectivity index (χ0v) is 12.1. The van der Waals surface area contributed by atoms with Crippen LogP contribution in [0.2, 0.25) is 0 Å². The topological polar surface area (TPSA) is 12.0 Å². The first-order chi connectivity index (χ1) is 8.66. The molecule has 0 radical (unpaired) electrons. The average molecular weight is 245 g/mol. The van der Waals surface area contributed by atoms with Crippen LogP contribution in [0.5, 0.6) is 0 Å². The molecular formula is C17H27N. The lowest BCUT2D eigenvalue weighted by Crippen LogP contribution is -2.24. The predicted octanol–water partition coefficient (Wildman–Crippen LogP) is 4.65. The van der Waals surface area contributed by atoms with Gasteiger partial charge >= 0.3 is 0 Å². The first-order valence-electron chi connectivity index (χ1n) is 7.50. The Kier molecular flexibility index (Phi) is 4.82. The Morgan fingerprint density at radius 3 is 2.17 bits per heavy atom. The van der Waals surface area contributed by atoms with E-state index in [1.54, 1.807) is 0 Å². The van der Waals surface area contributed by atoms with Crippen LogP contribution < -0.4 is 5.32 Å². The second kappa shape index (κ2) is 6.38. The van der Waals surface area contributed by atoms with Crippen molar-refractivity contribution in [2.24, 2.45) is 5.92 Å². The molecule has 18 heavy (non-hydrogen) atoms. The Balaban J connectivity index is 1.78. The highest BCUT2D eigenvalue weighted by atomic mass is 14.9. The van der Waals surface area contributed by atoms with Crippen molar-refractivity contribution in [3.05, 3.63) is 35.4 Å². The molecule has 0 spiro atoms. The molecule has 100 valence electrons. The molecule has 1 aliphatic rings. The van der Waals surface area contributed by atoms with Gasteiger partial charge in [0.1, 0.15) is 0 Å². The van der Waals surface area contributed by atoms with Gasteiger partial charge in [0.15, 0.2) is 0 Å². The Labute approximate surface area is 112 Å². The third-order valence-corrected chi connectivity index (χ3v) is 4.33. The fraction of sp³-hybridized carbons (Fsp3) is 0.647. The molecule has 2 rings (SSSR count). The average Bonchev–Trinajstić information content (AvgIpc) is 2.32. The van der Waals surface area contributed by atoms with Gasteiger partial charge in [-0.2, -0.15) is 0 Å². The van der Waals surface area contributed by atoms with E-state index in [1.807, 2.05) is 0 Å². The number of rotatable bonds is 6. The molecule has 1 heteroatoms. The van der Waals surface area contributed by atoms with Crippen LogP contribution >= 0.6 is 0 Å². The number of hydrogen-bond acceptors (Lipinski definition) is 1. The summed E-state index contributed by atoms with van der Waals surface area (Å²) in [5, 5.41) is 3.65. The Bertz CT molecular complexity index is 348. The van der Waals surface area contributed by atoms with Gasteiger partial charge in [0.2, 0.25) is 0 Å². The van der Waals surface area contributed by atoms with Crippen LogP contribution in [0.15, 0.2) is 24.3 Å². The highest BCUT2D eigenvalue weighted by Gasteiger charge is 2.16. The highest BCUT2D eigenvalue weighted by molar-refractivity contribution is 5.26. The van der Waals surface area contributed by atoms with Gasteiger partial charge in [-0.3, -0.25) is 0 Å². The second-order valence-corrected chi connectivity index (χ2v) is 6.08. The van der Waals surface area contributed by atoms with Crippen LogP contribution in [0.3, 0.4) is 0 Å². The zero-order chi connectivity index (χ0) is 13.0. The van der Waals surface area contributed by atoms with E-state index in [4.69, 9.17) is 0 Å². The summed E-state index contributed by atoms with van der Waals surface area (Å²) in [6.07, 6.45) is 5.73. The van der Waals surface area contributed by atoms with Gasteiger partial charge in [0.05, 0.1) is 0 Å². The summed E-state index contributed by atoms with van der Waals surface area (Å²) in [7, 11) is 0. The highest BCUT2D eigenvalue weighted by Crippen LogP contribution is 2.29. The number of nitrogens with one attached hydrogen (secondary N) is 1. The van der Waals surface area contributed by atoms with Crippen molar-refractivity contribution in [3.8, 4) is 0 Å². The fourth-order valence-electron chi connectivity index (χ4n) is 2.57. The molecule has 0 aliphatic heterocycles. The third kappa shape index (κ3) is 3.58. The first kappa shape index (κ1) is 13.6. The molecule has 1 aliphatic carbocycles. The molecule has 1 unspecified atom stereocenters. The van der Waals surface area contributed by atoms with Gasteiger partial charge in [-0.05, 0) is 42.9 Å². The molecule has 0 aromatic heterocycles. The molecule has 0 bridgehead atoms. The lowest BCUT2D eigenvalue weighted by Gasteiger charge is -2.26. The largest absolute Gasteiger partial charge is 0.310 e. The smallest absolute Gasteiger partial charge is 0.0291 e. The molecule has 1 nitrogen and oxygen atoms in total. The Morgan fingerprint density at radius 2 is 1.67 bits per heavy atom. The maximum absolute atomic E-state index is 3.65. The zero-order valence-electron chi connectivity index (χ0n) is 12.1. The molecule has 1 saturated carbocycles. The maximum Gasteiger partial charge on any atom is 0.0291 e. The Hall–Kier alpha value is -0.820. The van der Waals surface area contributed by atoms with Crippen LogP contribution in [-0.4, -0.2) is 6.54 Å². The van der Waals surface area contributed by atoms with E-state index in [-0.39, 0.29) is 0 Å². The molecule has 0 heterocycles. The minimum absolute atomic E-state index is 0.478. The van der Waals surface area contributed by atoms with Crippen molar-refractivity contribution in [2.75, 3.05) is 6.54 Å². The van der Waals surface area contributed by atoms with Gasteiger partial charge in [-0.15, -0.1) is 0 Å². The van der Waals surface area contributed by atoms with Crippen LogP contribution in [-0.2, 0) is 0 Å². The van der Waals surface area contributed by atoms with Gasteiger partial charge in [0, 0.05) is 6.04 Å². The van der Waals surface area contributed by atoms with Crippen molar-refractivity contribution in [1.29, 1.82) is 0 Å². The number of hydrogen-bond donors (Lipinski definition) is 1. The molecule has 1 fully saturated rings. The van der Waals surface area contributed by atoms with E-state index in [1.165, 1.54) is 36.8 Å². The lowest BCUT2D eigenvalue weighted by molar-refractivity contribution is 0.288. The van der Waals surface area contributed by atoms with Crippen molar-refractivity contribution >= 4 is 0 Å². The minimum atomic E-state index is 0.478. The van der Waals surface area contributed by atoms with Crippen LogP contribution in [0.4, 0.5) is 0 Å². The standard InChI is InChI=1S/C17H27N/c1-13(2)16-7-9-17(10-8-16)14(3)18-12-11-15-5-4-6-15/h7-10,13-15,18H,4-6,11-12H2,1-3H3. The van der Waals surface area contributed by atoms with E-state index in [2.05, 4.69) is 50.4 Å². The van der Waals surface area contributed by atoms with E-state index in [0.29, 0.717) is 12.0 Å². The van der Waals surface area contributed by atoms with Crippen molar-refractivity contribution in [3.63, 3.8) is 0 Å². The van der Waals surface area contributed by atoms with E-state index >= 15 is 0 Å². The van der Waals surface area contributed by atoms with Gasteiger partial charge in [-0.1, -0.05) is 57.4 Å². The van der Waals surface area contributed by atoms with Crippen molar-refractivity contribution in [1.82, 2.24) is 5.32 Å². The summed E-state index contributed by atoms with van der Waals surface area (Å²) in [6.45, 7) is 7.92. The van der Waals surface area contributed by atoms with Crippen molar-refractivity contribution < 1.29 is 0 Å². The third-order valence-electron chi connectivity index (χ3n) is 4.33. The SMILES string of the molecule is CC(C)c1ccc(C(C)NCCC2CCC2)cc1. The monoisotopic (exact) mass is 245 g/mol. The molecule has 1 N–H and O–H groups in total. The summed E-state index contributed by atoms with van der Waals surface area (Å²) in [4.78, 5) is 0. The van der Waals surface area contributed by atoms with Crippen molar-refractivity contribution in [2.45, 2.75) is 58.4 Å². The van der Waals surface area contributed by atoms with E-state index in [9.17, 15) is 0 Å². The summed E-state index contributed by atoms with van der Waals surface area (Å²) >= 11 is 0. The molecule has 1 atom stereocenters. The van der Waals surface area contributed by atoms with E-state index < -0.39 is 0 Å². The predicted molar refractivity (Wildman–Crippen MR) is 78.9 cm³/mol. The fourth-order valence-corrected chi connectivity index (χ4v) is 2.57. The normalized spacial score (nSPS) is 17.8. The minimum Gasteiger partial charge on any atom is -0.310 e. The summed E-state index contributed by atoms with van der Waals surface area (Å²) in [6, 6.07) is 9.56. The first-order valence-corrected chi connectivity index (χ1v) is 7.50. The summed E-state index contributed by atoms with van der Waals surface area (Å²) in [5.74, 6) is 1.63. The molecule has 1 aromatic rings. The second-order valence-electron chi connectivity index (χ2n) is 6.08. The van der Waals surface area contributed by atoms with Gasteiger partial charge in [-0.25, -0.2) is 0 Å². The van der Waals surface area contributed by atoms with Gasteiger partial charge < -0.3 is 5.32 Å². The van der Waals surface area contributed by atoms with E-state index in [0.717, 1.165) is 12.5 Å². The van der Waals surface area contributed by atoms with Crippen LogP contribution in [0, 0.1) is 5.92 Å². The maximum atomic E-state index is 3.65. The van der Waals surface area contributed by atoms with Gasteiger partial charge in [0.25, 0.3) is 0 Å². The summed E-state index contributed by atoms with van der Waals surface area (Å²) in [5.41, 5.74) is 2.84. The molecule has 0 saturated heterocycles. The quantitative estimate of drug-likeness (QED) is 0.769. The molecular weight excluding hydrogens is 218 g/mol. The van der Waals surface area contributed by atoms with Crippen LogP contribution in [0.25, 0.3) is 0 Å². The lowest BCUT2D eigenvalue weighted by atomic mass is 9.83. The van der Waals surface area contributed by atoms with Crippen LogP contribution in [0.1, 0.15) is 69.5 Å². The molecule has 1 aromatic carbocycles. The Morgan fingerprint density at radius 1 is 1.06 bits per heavy atom. The molecule has 0 amide bonds. The summed E-state index contributed by atoms with van der Waals surface area (Å²) < 4.78 is 0.